The van der Waals surface area contributed by atoms with Crippen molar-refractivity contribution >= 4 is 5.97 Å². The molecule has 2 aromatic heterocycles. The number of aromatic nitrogens is 2. The molecule has 0 spiro atoms. The summed E-state index contributed by atoms with van der Waals surface area (Å²) in [6, 6.07) is 8.99. The second-order valence-electron chi connectivity index (χ2n) is 4.21. The fraction of sp³-hybridized carbons (Fsp3) is 0.214. The van der Waals surface area contributed by atoms with Gasteiger partial charge in [0, 0.05) is 25.0 Å². The van der Waals surface area contributed by atoms with Crippen molar-refractivity contribution in [3.63, 3.8) is 0 Å². The lowest BCUT2D eigenvalue weighted by Crippen LogP contribution is -2.19. The summed E-state index contributed by atoms with van der Waals surface area (Å²) in [6.45, 7) is 2.54. The lowest BCUT2D eigenvalue weighted by molar-refractivity contribution is 0.0690. The summed E-state index contributed by atoms with van der Waals surface area (Å²) < 4.78 is 0. The molecule has 0 saturated carbocycles. The third kappa shape index (κ3) is 3.59. The molecule has 0 radical (unpaired) electrons. The van der Waals surface area contributed by atoms with Crippen molar-refractivity contribution < 1.29 is 9.90 Å². The highest BCUT2D eigenvalue weighted by atomic mass is 16.4. The zero-order chi connectivity index (χ0) is 13.7. The van der Waals surface area contributed by atoms with Crippen LogP contribution >= 0.6 is 0 Å². The van der Waals surface area contributed by atoms with Crippen molar-refractivity contribution in [3.05, 3.63) is 59.7 Å². The maximum atomic E-state index is 10.8. The Kier molecular flexibility index (Phi) is 4.20. The van der Waals surface area contributed by atoms with E-state index in [0.717, 1.165) is 5.56 Å². The van der Waals surface area contributed by atoms with Crippen molar-refractivity contribution in [2.45, 2.75) is 19.5 Å². The molecule has 2 rings (SSSR count). The first-order valence-electron chi connectivity index (χ1n) is 5.99. The number of rotatable bonds is 5. The van der Waals surface area contributed by atoms with Gasteiger partial charge in [-0.2, -0.15) is 0 Å². The van der Waals surface area contributed by atoms with Crippen LogP contribution in [0.5, 0.6) is 0 Å². The van der Waals surface area contributed by atoms with Crippen molar-refractivity contribution in [1.29, 1.82) is 0 Å². The molecule has 5 heteroatoms. The van der Waals surface area contributed by atoms with E-state index in [9.17, 15) is 4.79 Å². The molecular weight excluding hydrogens is 242 g/mol. The summed E-state index contributed by atoms with van der Waals surface area (Å²) in [5.41, 5.74) is 1.85. The Morgan fingerprint density at radius 2 is 2.21 bits per heavy atom. The number of nitrogens with one attached hydrogen (secondary N) is 1. The van der Waals surface area contributed by atoms with Crippen LogP contribution in [-0.2, 0) is 6.54 Å². The van der Waals surface area contributed by atoms with Gasteiger partial charge in [-0.25, -0.2) is 9.78 Å². The average molecular weight is 257 g/mol. The summed E-state index contributed by atoms with van der Waals surface area (Å²) in [4.78, 5) is 18.9. The Morgan fingerprint density at radius 3 is 2.89 bits per heavy atom. The topological polar surface area (TPSA) is 75.1 Å². The first-order chi connectivity index (χ1) is 9.16. The fourth-order valence-electron chi connectivity index (χ4n) is 1.70. The molecule has 2 N–H and O–H groups in total. The minimum atomic E-state index is -1.01. The van der Waals surface area contributed by atoms with Crippen LogP contribution in [0, 0.1) is 0 Å². The summed E-state index contributed by atoms with van der Waals surface area (Å²) in [6.07, 6.45) is 3.53. The molecule has 0 aliphatic rings. The van der Waals surface area contributed by atoms with Crippen molar-refractivity contribution in [1.82, 2.24) is 15.3 Å². The predicted octanol–water partition coefficient (Wildman–Crippen LogP) is 2.03. The van der Waals surface area contributed by atoms with E-state index in [-0.39, 0.29) is 11.7 Å². The average Bonchev–Trinajstić information content (AvgIpc) is 2.46. The van der Waals surface area contributed by atoms with Gasteiger partial charge >= 0.3 is 5.97 Å². The number of hydrogen-bond acceptors (Lipinski definition) is 4. The first kappa shape index (κ1) is 13.2. The van der Waals surface area contributed by atoms with Crippen LogP contribution < -0.4 is 5.32 Å². The van der Waals surface area contributed by atoms with Crippen molar-refractivity contribution in [3.8, 4) is 0 Å². The maximum absolute atomic E-state index is 10.8. The van der Waals surface area contributed by atoms with Crippen LogP contribution in [0.15, 0.2) is 42.7 Å². The molecule has 0 fully saturated rings. The largest absolute Gasteiger partial charge is 0.477 e. The third-order valence-corrected chi connectivity index (χ3v) is 2.80. The zero-order valence-corrected chi connectivity index (χ0v) is 10.6. The molecule has 0 bridgehead atoms. The standard InChI is InChI=1S/C14H15N3O2/c1-10(11-4-3-7-15-8-11)16-9-12-5-2-6-13(17-12)14(18)19/h2-8,10,16H,9H2,1H3,(H,18,19)/t10-/m0/s1. The van der Waals surface area contributed by atoms with E-state index < -0.39 is 5.97 Å². The van der Waals surface area contributed by atoms with E-state index in [0.29, 0.717) is 12.2 Å². The van der Waals surface area contributed by atoms with E-state index in [1.165, 1.54) is 6.07 Å². The molecule has 19 heavy (non-hydrogen) atoms. The van der Waals surface area contributed by atoms with E-state index in [1.54, 1.807) is 24.5 Å². The van der Waals surface area contributed by atoms with E-state index in [1.807, 2.05) is 19.1 Å². The van der Waals surface area contributed by atoms with Gasteiger partial charge in [0.1, 0.15) is 5.69 Å². The molecule has 2 aromatic rings. The maximum Gasteiger partial charge on any atom is 0.354 e. The molecule has 5 nitrogen and oxygen atoms in total. The Balaban J connectivity index is 1.99. The molecular formula is C14H15N3O2. The minimum absolute atomic E-state index is 0.0633. The lowest BCUT2D eigenvalue weighted by atomic mass is 10.1. The number of carbonyl (C=O) groups is 1. The van der Waals surface area contributed by atoms with Crippen molar-refractivity contribution in [2.75, 3.05) is 0 Å². The van der Waals surface area contributed by atoms with Crippen LogP contribution in [0.25, 0.3) is 0 Å². The van der Waals surface area contributed by atoms with Gasteiger partial charge in [-0.15, -0.1) is 0 Å². The van der Waals surface area contributed by atoms with Gasteiger partial charge in [-0.3, -0.25) is 4.98 Å². The van der Waals surface area contributed by atoms with Gasteiger partial charge < -0.3 is 10.4 Å². The highest BCUT2D eigenvalue weighted by Crippen LogP contribution is 2.10. The molecule has 0 saturated heterocycles. The second kappa shape index (κ2) is 6.06. The van der Waals surface area contributed by atoms with Crippen LogP contribution in [-0.4, -0.2) is 21.0 Å². The molecule has 0 aromatic carbocycles. The zero-order valence-electron chi connectivity index (χ0n) is 10.6. The van der Waals surface area contributed by atoms with Crippen LogP contribution in [0.2, 0.25) is 0 Å². The summed E-state index contributed by atoms with van der Waals surface area (Å²) >= 11 is 0. The molecule has 2 heterocycles. The van der Waals surface area contributed by atoms with Gasteiger partial charge in [-0.05, 0) is 30.7 Å². The Hall–Kier alpha value is -2.27. The molecule has 98 valence electrons. The second-order valence-corrected chi connectivity index (χ2v) is 4.21. The van der Waals surface area contributed by atoms with Crippen LogP contribution in [0.1, 0.15) is 34.7 Å². The number of aromatic carboxylic acids is 1. The normalized spacial score (nSPS) is 12.1. The summed E-state index contributed by atoms with van der Waals surface area (Å²) in [7, 11) is 0. The molecule has 0 amide bonds. The minimum Gasteiger partial charge on any atom is -0.477 e. The van der Waals surface area contributed by atoms with E-state index in [2.05, 4.69) is 15.3 Å². The molecule has 0 unspecified atom stereocenters. The number of carboxylic acid groups (broad SMARTS) is 1. The number of nitrogens with zero attached hydrogens (tertiary/aromatic N) is 2. The monoisotopic (exact) mass is 257 g/mol. The van der Waals surface area contributed by atoms with Gasteiger partial charge in [0.25, 0.3) is 0 Å². The van der Waals surface area contributed by atoms with Gasteiger partial charge in [-0.1, -0.05) is 12.1 Å². The Labute approximate surface area is 111 Å². The van der Waals surface area contributed by atoms with Crippen LogP contribution in [0.4, 0.5) is 0 Å². The quantitative estimate of drug-likeness (QED) is 0.857. The SMILES string of the molecule is C[C@H](NCc1cccc(C(=O)O)n1)c1cccnc1. The molecule has 0 aliphatic carbocycles. The summed E-state index contributed by atoms with van der Waals surface area (Å²) in [5.74, 6) is -1.01. The van der Waals surface area contributed by atoms with Gasteiger partial charge in [0.2, 0.25) is 0 Å². The Bertz CT molecular complexity index is 558. The predicted molar refractivity (Wildman–Crippen MR) is 70.7 cm³/mol. The van der Waals surface area contributed by atoms with Crippen molar-refractivity contribution in [2.24, 2.45) is 0 Å². The smallest absolute Gasteiger partial charge is 0.354 e. The van der Waals surface area contributed by atoms with E-state index in [4.69, 9.17) is 5.11 Å². The van der Waals surface area contributed by atoms with Crippen LogP contribution in [0.3, 0.4) is 0 Å². The third-order valence-electron chi connectivity index (χ3n) is 2.80. The number of pyridine rings is 2. The molecule has 1 atom stereocenters. The lowest BCUT2D eigenvalue weighted by Gasteiger charge is -2.13. The molecule has 0 aliphatic heterocycles. The number of carboxylic acids is 1. The highest BCUT2D eigenvalue weighted by Gasteiger charge is 2.07. The van der Waals surface area contributed by atoms with Gasteiger partial charge in [0.05, 0.1) is 5.69 Å². The van der Waals surface area contributed by atoms with E-state index >= 15 is 0 Å². The summed E-state index contributed by atoms with van der Waals surface area (Å²) in [5, 5.41) is 12.2. The first-order valence-corrected chi connectivity index (χ1v) is 5.99. The highest BCUT2D eigenvalue weighted by molar-refractivity contribution is 5.85. The van der Waals surface area contributed by atoms with Gasteiger partial charge in [0.15, 0.2) is 0 Å². The fourth-order valence-corrected chi connectivity index (χ4v) is 1.70. The Morgan fingerprint density at radius 1 is 1.37 bits per heavy atom. The number of hydrogen-bond donors (Lipinski definition) is 2.